The number of halogens is 4. The second kappa shape index (κ2) is 6.10. The average molecular weight is 375 g/mol. The Bertz CT molecular complexity index is 1090. The molecule has 0 aliphatic heterocycles. The lowest BCUT2D eigenvalue weighted by Crippen LogP contribution is -2.06. The highest BCUT2D eigenvalue weighted by atomic mass is 35.5. The summed E-state index contributed by atoms with van der Waals surface area (Å²) < 4.78 is 39.8. The number of alkyl halides is 3. The van der Waals surface area contributed by atoms with Crippen molar-refractivity contribution >= 4 is 17.2 Å². The molecule has 0 fully saturated rings. The molecule has 3 aromatic heterocycles. The number of nitrogens with zero attached hydrogens (tertiary/aromatic N) is 4. The molecule has 0 aliphatic carbocycles. The van der Waals surface area contributed by atoms with Gasteiger partial charge in [0.05, 0.1) is 22.5 Å². The monoisotopic (exact) mass is 374 g/mol. The van der Waals surface area contributed by atoms with Gasteiger partial charge in [0, 0.05) is 29.7 Å². The fourth-order valence-electron chi connectivity index (χ4n) is 2.62. The van der Waals surface area contributed by atoms with Crippen LogP contribution in [0.15, 0.2) is 61.2 Å². The van der Waals surface area contributed by atoms with E-state index in [1.54, 1.807) is 16.9 Å². The molecule has 0 atom stereocenters. The Morgan fingerprint density at radius 3 is 2.38 bits per heavy atom. The normalized spacial score (nSPS) is 11.8. The summed E-state index contributed by atoms with van der Waals surface area (Å²) in [6, 6.07) is 10.5. The summed E-state index contributed by atoms with van der Waals surface area (Å²) in [6.07, 6.45) is 1.10. The Labute approximate surface area is 150 Å². The van der Waals surface area contributed by atoms with Crippen LogP contribution in [-0.4, -0.2) is 19.6 Å². The van der Waals surface area contributed by atoms with E-state index in [9.17, 15) is 13.2 Å². The van der Waals surface area contributed by atoms with Crippen molar-refractivity contribution in [3.05, 3.63) is 71.8 Å². The van der Waals surface area contributed by atoms with Gasteiger partial charge < -0.3 is 0 Å². The molecule has 26 heavy (non-hydrogen) atoms. The minimum Gasteiger partial charge on any atom is -0.254 e. The van der Waals surface area contributed by atoms with E-state index in [2.05, 4.69) is 15.1 Å². The van der Waals surface area contributed by atoms with Crippen molar-refractivity contribution in [3.63, 3.8) is 0 Å². The molecule has 0 bridgehead atoms. The summed E-state index contributed by atoms with van der Waals surface area (Å²) in [5.74, 6) is 0. The Kier molecular flexibility index (Phi) is 3.88. The lowest BCUT2D eigenvalue weighted by molar-refractivity contribution is -0.137. The van der Waals surface area contributed by atoms with Crippen LogP contribution >= 0.6 is 11.6 Å². The Balaban J connectivity index is 1.78. The SMILES string of the molecule is FC(F)(F)c1cnc(-c2cnc3c(-c4ccccc4)cnn3c2)c(Cl)c1. The molecule has 0 N–H and O–H groups in total. The number of benzene rings is 1. The summed E-state index contributed by atoms with van der Waals surface area (Å²) in [5, 5.41) is 4.17. The van der Waals surface area contributed by atoms with Crippen molar-refractivity contribution in [2.24, 2.45) is 0 Å². The third-order valence-electron chi connectivity index (χ3n) is 3.88. The van der Waals surface area contributed by atoms with E-state index in [1.165, 1.54) is 6.20 Å². The van der Waals surface area contributed by atoms with Gasteiger partial charge in [-0.1, -0.05) is 41.9 Å². The van der Waals surface area contributed by atoms with Crippen LogP contribution in [0.3, 0.4) is 0 Å². The van der Waals surface area contributed by atoms with Crippen molar-refractivity contribution in [1.29, 1.82) is 0 Å². The number of hydrogen-bond donors (Lipinski definition) is 0. The van der Waals surface area contributed by atoms with Gasteiger partial charge >= 0.3 is 6.18 Å². The van der Waals surface area contributed by atoms with Crippen molar-refractivity contribution < 1.29 is 13.2 Å². The highest BCUT2D eigenvalue weighted by Gasteiger charge is 2.31. The van der Waals surface area contributed by atoms with E-state index < -0.39 is 11.7 Å². The second-order valence-electron chi connectivity index (χ2n) is 5.59. The van der Waals surface area contributed by atoms with E-state index in [-0.39, 0.29) is 10.7 Å². The molecular formula is C18H10ClF3N4. The number of rotatable bonds is 2. The summed E-state index contributed by atoms with van der Waals surface area (Å²) in [4.78, 5) is 8.24. The standard InChI is InChI=1S/C18H10ClF3N4/c19-15-6-13(18(20,21)22)8-23-16(15)12-7-24-17-14(9-25-26(17)10-12)11-4-2-1-3-5-11/h1-10H. The zero-order valence-electron chi connectivity index (χ0n) is 13.1. The van der Waals surface area contributed by atoms with Crippen molar-refractivity contribution in [1.82, 2.24) is 19.6 Å². The molecule has 4 nitrogen and oxygen atoms in total. The van der Waals surface area contributed by atoms with Crippen LogP contribution in [0.5, 0.6) is 0 Å². The van der Waals surface area contributed by atoms with Crippen LogP contribution < -0.4 is 0 Å². The number of pyridine rings is 1. The first kappa shape index (κ1) is 16.5. The van der Waals surface area contributed by atoms with E-state index in [0.717, 1.165) is 23.4 Å². The zero-order chi connectivity index (χ0) is 18.3. The smallest absolute Gasteiger partial charge is 0.254 e. The first-order valence-electron chi connectivity index (χ1n) is 7.55. The van der Waals surface area contributed by atoms with Gasteiger partial charge in [-0.3, -0.25) is 4.98 Å². The molecule has 0 amide bonds. The minimum atomic E-state index is -4.50. The maximum atomic E-state index is 12.7. The maximum Gasteiger partial charge on any atom is 0.417 e. The molecule has 0 saturated heterocycles. The van der Waals surface area contributed by atoms with E-state index in [0.29, 0.717) is 11.2 Å². The summed E-state index contributed by atoms with van der Waals surface area (Å²) in [6.45, 7) is 0. The molecule has 0 aliphatic rings. The summed E-state index contributed by atoms with van der Waals surface area (Å²) >= 11 is 6.00. The van der Waals surface area contributed by atoms with Crippen LogP contribution in [0.2, 0.25) is 5.02 Å². The first-order chi connectivity index (χ1) is 12.4. The zero-order valence-corrected chi connectivity index (χ0v) is 13.8. The van der Waals surface area contributed by atoms with Gasteiger partial charge in [-0.15, -0.1) is 0 Å². The Hall–Kier alpha value is -2.93. The molecule has 130 valence electrons. The number of hydrogen-bond acceptors (Lipinski definition) is 3. The predicted octanol–water partition coefficient (Wildman–Crippen LogP) is 5.13. The maximum absolute atomic E-state index is 12.7. The number of fused-ring (bicyclic) bond motifs is 1. The molecule has 4 aromatic rings. The Morgan fingerprint density at radius 2 is 1.69 bits per heavy atom. The molecule has 8 heteroatoms. The van der Waals surface area contributed by atoms with Crippen LogP contribution in [-0.2, 0) is 6.18 Å². The molecule has 0 saturated carbocycles. The summed E-state index contributed by atoms with van der Waals surface area (Å²) in [5.41, 5.74) is 2.23. The van der Waals surface area contributed by atoms with E-state index in [1.807, 2.05) is 30.3 Å². The van der Waals surface area contributed by atoms with Crippen LogP contribution in [0, 0.1) is 0 Å². The van der Waals surface area contributed by atoms with Gasteiger partial charge in [-0.25, -0.2) is 9.50 Å². The van der Waals surface area contributed by atoms with Gasteiger partial charge in [-0.2, -0.15) is 18.3 Å². The molecule has 1 aromatic carbocycles. The van der Waals surface area contributed by atoms with Gasteiger partial charge in [0.15, 0.2) is 5.65 Å². The van der Waals surface area contributed by atoms with Gasteiger partial charge in [0.25, 0.3) is 0 Å². The average Bonchev–Trinajstić information content (AvgIpc) is 3.04. The molecular weight excluding hydrogens is 365 g/mol. The predicted molar refractivity (Wildman–Crippen MR) is 91.7 cm³/mol. The highest BCUT2D eigenvalue weighted by Crippen LogP contribution is 2.34. The topological polar surface area (TPSA) is 43.1 Å². The van der Waals surface area contributed by atoms with E-state index >= 15 is 0 Å². The van der Waals surface area contributed by atoms with E-state index in [4.69, 9.17) is 11.6 Å². The fourth-order valence-corrected chi connectivity index (χ4v) is 2.90. The first-order valence-corrected chi connectivity index (χ1v) is 7.93. The van der Waals surface area contributed by atoms with Crippen molar-refractivity contribution in [2.45, 2.75) is 6.18 Å². The lowest BCUT2D eigenvalue weighted by Gasteiger charge is -2.09. The second-order valence-corrected chi connectivity index (χ2v) is 5.99. The quantitative estimate of drug-likeness (QED) is 0.488. The molecule has 0 radical (unpaired) electrons. The third kappa shape index (κ3) is 2.90. The van der Waals surface area contributed by atoms with Gasteiger partial charge in [0.2, 0.25) is 0 Å². The molecule has 3 heterocycles. The molecule has 0 unspecified atom stereocenters. The van der Waals surface area contributed by atoms with Crippen LogP contribution in [0.4, 0.5) is 13.2 Å². The van der Waals surface area contributed by atoms with Crippen LogP contribution in [0.1, 0.15) is 5.56 Å². The Morgan fingerprint density at radius 1 is 0.923 bits per heavy atom. The molecule has 0 spiro atoms. The molecule has 4 rings (SSSR count). The van der Waals surface area contributed by atoms with Gasteiger partial charge in [0.1, 0.15) is 0 Å². The van der Waals surface area contributed by atoms with Crippen molar-refractivity contribution in [3.8, 4) is 22.4 Å². The third-order valence-corrected chi connectivity index (χ3v) is 4.17. The highest BCUT2D eigenvalue weighted by molar-refractivity contribution is 6.33. The fraction of sp³-hybridized carbons (Fsp3) is 0.0556. The number of aromatic nitrogens is 4. The van der Waals surface area contributed by atoms with Crippen molar-refractivity contribution in [2.75, 3.05) is 0 Å². The minimum absolute atomic E-state index is 0.101. The largest absolute Gasteiger partial charge is 0.417 e. The van der Waals surface area contributed by atoms with Gasteiger partial charge in [-0.05, 0) is 11.6 Å². The van der Waals surface area contributed by atoms with Crippen LogP contribution in [0.25, 0.3) is 28.0 Å². The lowest BCUT2D eigenvalue weighted by atomic mass is 10.1. The summed E-state index contributed by atoms with van der Waals surface area (Å²) in [7, 11) is 0.